The molecule has 0 saturated carbocycles. The summed E-state index contributed by atoms with van der Waals surface area (Å²) in [5, 5.41) is 0. The number of nitrogens with zero attached hydrogens (tertiary/aromatic N) is 2. The van der Waals surface area contributed by atoms with E-state index in [1.807, 2.05) is 43.3 Å². The van der Waals surface area contributed by atoms with E-state index in [-0.39, 0.29) is 30.2 Å². The largest absolute Gasteiger partial charge is 0.492 e. The van der Waals surface area contributed by atoms with Gasteiger partial charge in [-0.1, -0.05) is 30.3 Å². The summed E-state index contributed by atoms with van der Waals surface area (Å²) >= 11 is 1.37. The zero-order chi connectivity index (χ0) is 23.1. The van der Waals surface area contributed by atoms with Gasteiger partial charge in [-0.3, -0.25) is 14.4 Å². The highest BCUT2D eigenvalue weighted by molar-refractivity contribution is 7.17. The highest BCUT2D eigenvalue weighted by atomic mass is 32.1. The zero-order valence-corrected chi connectivity index (χ0v) is 19.7. The predicted octanol–water partition coefficient (Wildman–Crippen LogP) is 3.69. The third-order valence-corrected chi connectivity index (χ3v) is 6.59. The molecule has 0 radical (unpaired) electrons. The Morgan fingerprint density at radius 2 is 1.78 bits per heavy atom. The normalized spacial score (nSPS) is 14.2. The van der Waals surface area contributed by atoms with Gasteiger partial charge in [-0.2, -0.15) is 0 Å². The Bertz CT molecular complexity index is 935. The third-order valence-electron chi connectivity index (χ3n) is 5.44. The minimum Gasteiger partial charge on any atom is -0.492 e. The Labute approximate surface area is 192 Å². The van der Waals surface area contributed by atoms with Crippen molar-refractivity contribution in [1.29, 1.82) is 0 Å². The number of hydrogen-bond acceptors (Lipinski definition) is 6. The average Bonchev–Trinajstić information content (AvgIpc) is 3.23. The maximum absolute atomic E-state index is 13.1. The average molecular weight is 459 g/mol. The Hall–Kier alpha value is -2.87. The van der Waals surface area contributed by atoms with Crippen LogP contribution in [0.25, 0.3) is 10.4 Å². The highest BCUT2D eigenvalue weighted by Gasteiger charge is 2.30. The van der Waals surface area contributed by atoms with Crippen molar-refractivity contribution in [2.24, 2.45) is 5.92 Å². The van der Waals surface area contributed by atoms with Gasteiger partial charge in [-0.05, 0) is 38.3 Å². The molecule has 0 atom stereocenters. The maximum atomic E-state index is 13.1. The molecule has 2 heterocycles. The van der Waals surface area contributed by atoms with E-state index in [1.165, 1.54) is 16.2 Å². The molecule has 2 amide bonds. The second kappa shape index (κ2) is 11.1. The number of likely N-dealkylation sites (tertiary alicyclic amines) is 1. The van der Waals surface area contributed by atoms with Crippen LogP contribution in [0.3, 0.4) is 0 Å². The SMILES string of the molecule is CCOC(=O)C1CCN(C(=O)CN(C)C(=O)c2sc(-c3ccccc3)cc2OCC)CC1. The quantitative estimate of drug-likeness (QED) is 0.564. The number of carbonyl (C=O) groups is 3. The summed E-state index contributed by atoms with van der Waals surface area (Å²) in [6.07, 6.45) is 1.17. The van der Waals surface area contributed by atoms with Crippen molar-refractivity contribution in [3.63, 3.8) is 0 Å². The second-order valence-electron chi connectivity index (χ2n) is 7.67. The van der Waals surface area contributed by atoms with Crippen LogP contribution in [-0.4, -0.2) is 67.5 Å². The fourth-order valence-corrected chi connectivity index (χ4v) is 4.80. The Kier molecular flexibility index (Phi) is 8.27. The van der Waals surface area contributed by atoms with Crippen molar-refractivity contribution in [2.45, 2.75) is 26.7 Å². The fourth-order valence-electron chi connectivity index (χ4n) is 3.70. The number of rotatable bonds is 8. The van der Waals surface area contributed by atoms with E-state index >= 15 is 0 Å². The maximum Gasteiger partial charge on any atom is 0.309 e. The number of piperidine rings is 1. The number of likely N-dealkylation sites (N-methyl/N-ethyl adjacent to an activating group) is 1. The molecule has 3 rings (SSSR count). The van der Waals surface area contributed by atoms with Gasteiger partial charge in [0.25, 0.3) is 5.91 Å². The standard InChI is InChI=1S/C24H30N2O5S/c1-4-30-19-15-20(17-9-7-6-8-10-17)32-22(19)23(28)25(3)16-21(27)26-13-11-18(12-14-26)24(29)31-5-2/h6-10,15,18H,4-5,11-14,16H2,1-3H3. The first kappa shape index (κ1) is 23.8. The van der Waals surface area contributed by atoms with Crippen LogP contribution in [-0.2, 0) is 14.3 Å². The third kappa shape index (κ3) is 5.68. The molecule has 1 saturated heterocycles. The summed E-state index contributed by atoms with van der Waals surface area (Å²) in [6, 6.07) is 11.7. The molecule has 8 heteroatoms. The van der Waals surface area contributed by atoms with Crippen LogP contribution in [0.2, 0.25) is 0 Å². The van der Waals surface area contributed by atoms with Gasteiger partial charge >= 0.3 is 5.97 Å². The van der Waals surface area contributed by atoms with Crippen molar-refractivity contribution in [3.05, 3.63) is 41.3 Å². The molecule has 7 nitrogen and oxygen atoms in total. The van der Waals surface area contributed by atoms with Crippen LogP contribution in [0.15, 0.2) is 36.4 Å². The summed E-state index contributed by atoms with van der Waals surface area (Å²) in [5.74, 6) is -0.177. The lowest BCUT2D eigenvalue weighted by atomic mass is 9.97. The number of thiophene rings is 1. The van der Waals surface area contributed by atoms with Crippen LogP contribution < -0.4 is 4.74 Å². The molecule has 32 heavy (non-hydrogen) atoms. The number of amides is 2. The summed E-state index contributed by atoms with van der Waals surface area (Å²) in [5.41, 5.74) is 1.01. The lowest BCUT2D eigenvalue weighted by Crippen LogP contribution is -2.45. The molecule has 0 spiro atoms. The Morgan fingerprint density at radius 3 is 2.41 bits per heavy atom. The Balaban J connectivity index is 1.63. The van der Waals surface area contributed by atoms with Crippen molar-refractivity contribution in [3.8, 4) is 16.2 Å². The van der Waals surface area contributed by atoms with Gasteiger partial charge in [0, 0.05) is 25.0 Å². The molecule has 1 aliphatic rings. The number of carbonyl (C=O) groups excluding carboxylic acids is 3. The number of esters is 1. The molecule has 0 unspecified atom stereocenters. The van der Waals surface area contributed by atoms with Gasteiger partial charge in [0.15, 0.2) is 0 Å². The highest BCUT2D eigenvalue weighted by Crippen LogP contribution is 2.37. The minimum atomic E-state index is -0.240. The smallest absolute Gasteiger partial charge is 0.309 e. The molecule has 0 bridgehead atoms. The monoisotopic (exact) mass is 458 g/mol. The summed E-state index contributed by atoms with van der Waals surface area (Å²) in [4.78, 5) is 42.4. The van der Waals surface area contributed by atoms with Gasteiger partial charge < -0.3 is 19.3 Å². The molecule has 172 valence electrons. The predicted molar refractivity (Wildman–Crippen MR) is 124 cm³/mol. The number of ether oxygens (including phenoxy) is 2. The first-order chi connectivity index (χ1) is 15.4. The molecule has 0 aliphatic carbocycles. The number of hydrogen-bond donors (Lipinski definition) is 0. The lowest BCUT2D eigenvalue weighted by molar-refractivity contribution is -0.151. The van der Waals surface area contributed by atoms with Crippen LogP contribution in [0.5, 0.6) is 5.75 Å². The van der Waals surface area contributed by atoms with E-state index in [4.69, 9.17) is 9.47 Å². The van der Waals surface area contributed by atoms with Gasteiger partial charge in [0.05, 0.1) is 25.7 Å². The van der Waals surface area contributed by atoms with Gasteiger partial charge in [-0.25, -0.2) is 0 Å². The van der Waals surface area contributed by atoms with Gasteiger partial charge in [0.2, 0.25) is 5.91 Å². The van der Waals surface area contributed by atoms with Crippen LogP contribution >= 0.6 is 11.3 Å². The van der Waals surface area contributed by atoms with Crippen molar-refractivity contribution >= 4 is 29.1 Å². The van der Waals surface area contributed by atoms with E-state index in [9.17, 15) is 14.4 Å². The second-order valence-corrected chi connectivity index (χ2v) is 8.72. The first-order valence-electron chi connectivity index (χ1n) is 11.0. The minimum absolute atomic E-state index is 0.0208. The van der Waals surface area contributed by atoms with E-state index in [0.717, 1.165) is 10.4 Å². The lowest BCUT2D eigenvalue weighted by Gasteiger charge is -2.32. The molecule has 0 N–H and O–H groups in total. The van der Waals surface area contributed by atoms with E-state index in [2.05, 4.69) is 0 Å². The van der Waals surface area contributed by atoms with Crippen molar-refractivity contribution in [1.82, 2.24) is 9.80 Å². The fraction of sp³-hybridized carbons (Fsp3) is 0.458. The topological polar surface area (TPSA) is 76.2 Å². The molecule has 1 aromatic carbocycles. The van der Waals surface area contributed by atoms with Crippen LogP contribution in [0, 0.1) is 5.92 Å². The van der Waals surface area contributed by atoms with E-state index in [0.29, 0.717) is 49.8 Å². The molecule has 1 fully saturated rings. The summed E-state index contributed by atoms with van der Waals surface area (Å²) < 4.78 is 10.8. The zero-order valence-electron chi connectivity index (χ0n) is 18.8. The molecular weight excluding hydrogens is 428 g/mol. The summed E-state index contributed by atoms with van der Waals surface area (Å²) in [6.45, 7) is 5.44. The van der Waals surface area contributed by atoms with Gasteiger partial charge in [-0.15, -0.1) is 11.3 Å². The van der Waals surface area contributed by atoms with E-state index < -0.39 is 0 Å². The Morgan fingerprint density at radius 1 is 1.09 bits per heavy atom. The number of benzene rings is 1. The molecule has 1 aromatic heterocycles. The molecular formula is C24H30N2O5S. The van der Waals surface area contributed by atoms with Crippen molar-refractivity contribution in [2.75, 3.05) is 39.9 Å². The van der Waals surface area contributed by atoms with Gasteiger partial charge in [0.1, 0.15) is 10.6 Å². The van der Waals surface area contributed by atoms with Crippen LogP contribution in [0.4, 0.5) is 0 Å². The first-order valence-corrected chi connectivity index (χ1v) is 11.8. The van der Waals surface area contributed by atoms with E-state index in [1.54, 1.807) is 18.9 Å². The molecule has 1 aliphatic heterocycles. The summed E-state index contributed by atoms with van der Waals surface area (Å²) in [7, 11) is 1.63. The molecule has 2 aromatic rings. The van der Waals surface area contributed by atoms with Crippen LogP contribution in [0.1, 0.15) is 36.4 Å². The van der Waals surface area contributed by atoms with Crippen molar-refractivity contribution < 1.29 is 23.9 Å².